The quantitative estimate of drug-likeness (QED) is 0.417. The van der Waals surface area contributed by atoms with Gasteiger partial charge in [-0.3, -0.25) is 4.79 Å². The van der Waals surface area contributed by atoms with E-state index >= 15 is 0 Å². The molecule has 0 amide bonds. The SMILES string of the molecule is C[C@@H](O)CCC[C@H](O)/C=C/[C@H]1[C@H](O)CC(=O)[C@@H]1CCCc1ccc(C(=O)O)s1. The van der Waals surface area contributed by atoms with Crippen molar-refractivity contribution >= 4 is 23.1 Å². The predicted octanol–water partition coefficient (Wildman–Crippen LogP) is 2.80. The van der Waals surface area contributed by atoms with Crippen molar-refractivity contribution in [1.29, 1.82) is 0 Å². The third-order valence-electron chi connectivity index (χ3n) is 5.22. The van der Waals surface area contributed by atoms with Crippen LogP contribution in [0.2, 0.25) is 0 Å². The largest absolute Gasteiger partial charge is 0.477 e. The summed E-state index contributed by atoms with van der Waals surface area (Å²) in [6.07, 6.45) is 5.74. The molecule has 1 saturated carbocycles. The fraction of sp³-hybridized carbons (Fsp3) is 0.619. The number of ketones is 1. The number of carboxylic acid groups (broad SMARTS) is 1. The first-order chi connectivity index (χ1) is 13.3. The van der Waals surface area contributed by atoms with Crippen LogP contribution in [0.5, 0.6) is 0 Å². The molecule has 1 aliphatic rings. The summed E-state index contributed by atoms with van der Waals surface area (Å²) in [5.41, 5.74) is 0. The molecule has 28 heavy (non-hydrogen) atoms. The second-order valence-corrected chi connectivity index (χ2v) is 8.79. The minimum absolute atomic E-state index is 0.0446. The zero-order valence-corrected chi connectivity index (χ0v) is 17.0. The molecule has 7 heteroatoms. The van der Waals surface area contributed by atoms with Gasteiger partial charge in [0.1, 0.15) is 10.7 Å². The number of thiophene rings is 1. The number of aliphatic hydroxyl groups is 3. The van der Waals surface area contributed by atoms with E-state index in [1.807, 2.05) is 0 Å². The van der Waals surface area contributed by atoms with E-state index in [1.165, 1.54) is 11.3 Å². The maximum Gasteiger partial charge on any atom is 0.345 e. The van der Waals surface area contributed by atoms with Gasteiger partial charge in [-0.2, -0.15) is 0 Å². The topological polar surface area (TPSA) is 115 Å². The molecule has 6 nitrogen and oxygen atoms in total. The summed E-state index contributed by atoms with van der Waals surface area (Å²) in [6, 6.07) is 3.40. The highest BCUT2D eigenvalue weighted by molar-refractivity contribution is 7.13. The van der Waals surface area contributed by atoms with Crippen molar-refractivity contribution in [3.05, 3.63) is 34.0 Å². The van der Waals surface area contributed by atoms with Crippen LogP contribution < -0.4 is 0 Å². The molecule has 1 aliphatic carbocycles. The Morgan fingerprint density at radius 2 is 2.04 bits per heavy atom. The third kappa shape index (κ3) is 6.81. The van der Waals surface area contributed by atoms with Crippen LogP contribution in [0.25, 0.3) is 0 Å². The molecule has 0 saturated heterocycles. The van der Waals surface area contributed by atoms with E-state index in [2.05, 4.69) is 0 Å². The molecule has 1 fully saturated rings. The van der Waals surface area contributed by atoms with Crippen molar-refractivity contribution in [3.63, 3.8) is 0 Å². The van der Waals surface area contributed by atoms with Crippen LogP contribution in [-0.2, 0) is 11.2 Å². The van der Waals surface area contributed by atoms with Gasteiger partial charge >= 0.3 is 5.97 Å². The lowest BCUT2D eigenvalue weighted by Crippen LogP contribution is -2.19. The van der Waals surface area contributed by atoms with E-state index in [0.29, 0.717) is 37.0 Å². The highest BCUT2D eigenvalue weighted by Crippen LogP contribution is 2.34. The highest BCUT2D eigenvalue weighted by atomic mass is 32.1. The molecule has 0 bridgehead atoms. The molecule has 0 radical (unpaired) electrons. The lowest BCUT2D eigenvalue weighted by atomic mass is 9.88. The van der Waals surface area contributed by atoms with Crippen molar-refractivity contribution in [1.82, 2.24) is 0 Å². The number of carbonyl (C=O) groups excluding carboxylic acids is 1. The Hall–Kier alpha value is -1.54. The Morgan fingerprint density at radius 3 is 2.68 bits per heavy atom. The molecule has 156 valence electrons. The number of hydrogen-bond acceptors (Lipinski definition) is 6. The molecule has 1 aromatic rings. The first-order valence-electron chi connectivity index (χ1n) is 9.85. The first kappa shape index (κ1) is 22.7. The minimum atomic E-state index is -0.928. The molecular weight excluding hydrogens is 380 g/mol. The molecule has 0 aliphatic heterocycles. The Balaban J connectivity index is 1.85. The van der Waals surface area contributed by atoms with E-state index in [1.54, 1.807) is 31.2 Å². The smallest absolute Gasteiger partial charge is 0.345 e. The van der Waals surface area contributed by atoms with Crippen molar-refractivity contribution < 1.29 is 30.0 Å². The molecule has 1 aromatic heterocycles. The Labute approximate surface area is 169 Å². The van der Waals surface area contributed by atoms with Gasteiger partial charge in [0.2, 0.25) is 0 Å². The second-order valence-electron chi connectivity index (χ2n) is 7.62. The van der Waals surface area contributed by atoms with Crippen molar-refractivity contribution in [2.45, 2.75) is 70.2 Å². The van der Waals surface area contributed by atoms with Gasteiger partial charge in [0.05, 0.1) is 18.3 Å². The van der Waals surface area contributed by atoms with Gasteiger partial charge < -0.3 is 20.4 Å². The van der Waals surface area contributed by atoms with Crippen molar-refractivity contribution in [2.75, 3.05) is 0 Å². The zero-order chi connectivity index (χ0) is 20.7. The van der Waals surface area contributed by atoms with Gasteiger partial charge in [-0.05, 0) is 57.6 Å². The van der Waals surface area contributed by atoms with Crippen LogP contribution in [0.1, 0.15) is 60.0 Å². The van der Waals surface area contributed by atoms with Gasteiger partial charge in [0.15, 0.2) is 0 Å². The van der Waals surface area contributed by atoms with Crippen molar-refractivity contribution in [3.8, 4) is 0 Å². The number of hydrogen-bond donors (Lipinski definition) is 4. The maximum absolute atomic E-state index is 12.3. The molecule has 0 unspecified atom stereocenters. The number of carbonyl (C=O) groups is 2. The lowest BCUT2D eigenvalue weighted by molar-refractivity contribution is -0.121. The summed E-state index contributed by atoms with van der Waals surface area (Å²) in [5, 5.41) is 38.5. The van der Waals surface area contributed by atoms with Crippen LogP contribution >= 0.6 is 11.3 Å². The van der Waals surface area contributed by atoms with E-state index in [4.69, 9.17) is 5.11 Å². The Bertz CT molecular complexity index is 680. The summed E-state index contributed by atoms with van der Waals surface area (Å²) < 4.78 is 0. The summed E-state index contributed by atoms with van der Waals surface area (Å²) in [4.78, 5) is 24.5. The number of rotatable bonds is 11. The summed E-state index contributed by atoms with van der Waals surface area (Å²) >= 11 is 1.25. The van der Waals surface area contributed by atoms with E-state index in [9.17, 15) is 24.9 Å². The molecule has 0 spiro atoms. The molecule has 5 atom stereocenters. The lowest BCUT2D eigenvalue weighted by Gasteiger charge is -2.18. The average molecular weight is 411 g/mol. The van der Waals surface area contributed by atoms with Gasteiger partial charge in [-0.15, -0.1) is 11.3 Å². The molecular formula is C21H30O6S. The first-order valence-corrected chi connectivity index (χ1v) is 10.7. The van der Waals surface area contributed by atoms with Crippen molar-refractivity contribution in [2.24, 2.45) is 11.8 Å². The predicted molar refractivity (Wildman–Crippen MR) is 108 cm³/mol. The number of aryl methyl sites for hydroxylation is 1. The standard InChI is InChI=1S/C21H30O6S/c1-13(22)4-2-5-14(23)8-10-17-16(18(24)12-19(17)25)7-3-6-15-9-11-20(28-15)21(26)27/h8-11,13-14,16-17,19,22-23,25H,2-7,12H2,1H3,(H,26,27)/b10-8+/t13-,14+,16-,17-,19-/m1/s1. The van der Waals surface area contributed by atoms with E-state index in [-0.39, 0.29) is 30.1 Å². The van der Waals surface area contributed by atoms with Gasteiger partial charge in [0, 0.05) is 23.1 Å². The Morgan fingerprint density at radius 1 is 1.29 bits per heavy atom. The number of aromatic carboxylic acids is 1. The number of Topliss-reactive ketones (excluding diaryl/α,β-unsaturated/α-hetero) is 1. The number of carboxylic acids is 1. The highest BCUT2D eigenvalue weighted by Gasteiger charge is 2.39. The van der Waals surface area contributed by atoms with Gasteiger partial charge in [-0.25, -0.2) is 4.79 Å². The molecule has 4 N–H and O–H groups in total. The van der Waals surface area contributed by atoms with Gasteiger partial charge in [0.25, 0.3) is 0 Å². The molecule has 0 aromatic carbocycles. The normalized spacial score (nSPS) is 24.7. The monoisotopic (exact) mass is 410 g/mol. The second kappa shape index (κ2) is 10.9. The fourth-order valence-corrected chi connectivity index (χ4v) is 4.58. The summed E-state index contributed by atoms with van der Waals surface area (Å²) in [6.45, 7) is 1.71. The van der Waals surface area contributed by atoms with Crippen LogP contribution in [0.3, 0.4) is 0 Å². The van der Waals surface area contributed by atoms with E-state index < -0.39 is 18.2 Å². The zero-order valence-electron chi connectivity index (χ0n) is 16.2. The van der Waals surface area contributed by atoms with Crippen LogP contribution in [0.4, 0.5) is 0 Å². The van der Waals surface area contributed by atoms with Crippen LogP contribution in [0.15, 0.2) is 24.3 Å². The maximum atomic E-state index is 12.3. The fourth-order valence-electron chi connectivity index (χ4n) is 3.69. The van der Waals surface area contributed by atoms with E-state index in [0.717, 1.165) is 11.3 Å². The van der Waals surface area contributed by atoms with Gasteiger partial charge in [-0.1, -0.05) is 12.2 Å². The third-order valence-corrected chi connectivity index (χ3v) is 6.35. The average Bonchev–Trinajstić information content (AvgIpc) is 3.18. The molecule has 1 heterocycles. The summed E-state index contributed by atoms with van der Waals surface area (Å²) in [7, 11) is 0. The van der Waals surface area contributed by atoms with Crippen LogP contribution in [-0.4, -0.2) is 50.5 Å². The minimum Gasteiger partial charge on any atom is -0.477 e. The van der Waals surface area contributed by atoms with Crippen LogP contribution in [0, 0.1) is 11.8 Å². The molecule has 2 rings (SSSR count). The Kier molecular flexibility index (Phi) is 8.82. The summed E-state index contributed by atoms with van der Waals surface area (Å²) in [5.74, 6) is -1.45. The number of aliphatic hydroxyl groups excluding tert-OH is 3.